The van der Waals surface area contributed by atoms with Crippen molar-refractivity contribution in [1.29, 1.82) is 0 Å². The van der Waals surface area contributed by atoms with E-state index in [0.29, 0.717) is 18.5 Å². The number of carbonyl (C=O) groups excluding carboxylic acids is 2. The normalized spacial score (nSPS) is 16.0. The smallest absolute Gasteiger partial charge is 0.251 e. The van der Waals surface area contributed by atoms with Crippen molar-refractivity contribution >= 4 is 21.8 Å². The maximum Gasteiger partial charge on any atom is 0.251 e. The standard InChI is InChI=1S/C21H34N4O4S/c1-21(2,3)9-10-24-11-13-25(14-12-24)19(26)16-22-20(27)17-7-6-8-18(15-17)30(28,29)23(4)5/h6-8,15H,9-14,16H2,1-5H3,(H,22,27). The first kappa shape index (κ1) is 24.3. The second-order valence-electron chi connectivity index (χ2n) is 9.03. The molecule has 2 rings (SSSR count). The van der Waals surface area contributed by atoms with Gasteiger partial charge in [0.15, 0.2) is 0 Å². The molecule has 168 valence electrons. The highest BCUT2D eigenvalue weighted by molar-refractivity contribution is 7.89. The van der Waals surface area contributed by atoms with E-state index in [1.54, 1.807) is 4.90 Å². The summed E-state index contributed by atoms with van der Waals surface area (Å²) in [5.74, 6) is -0.598. The summed E-state index contributed by atoms with van der Waals surface area (Å²) in [6.45, 7) is 10.5. The van der Waals surface area contributed by atoms with E-state index < -0.39 is 15.9 Å². The molecule has 1 saturated heterocycles. The fourth-order valence-corrected chi connectivity index (χ4v) is 4.04. The van der Waals surface area contributed by atoms with Gasteiger partial charge in [-0.2, -0.15) is 0 Å². The van der Waals surface area contributed by atoms with Gasteiger partial charge in [-0.05, 0) is 36.6 Å². The van der Waals surface area contributed by atoms with Crippen LogP contribution >= 0.6 is 0 Å². The number of hydrogen-bond acceptors (Lipinski definition) is 5. The van der Waals surface area contributed by atoms with Crippen molar-refractivity contribution in [3.63, 3.8) is 0 Å². The minimum absolute atomic E-state index is 0.0397. The lowest BCUT2D eigenvalue weighted by atomic mass is 9.92. The van der Waals surface area contributed by atoms with Gasteiger partial charge in [-0.15, -0.1) is 0 Å². The van der Waals surface area contributed by atoms with Gasteiger partial charge in [0.25, 0.3) is 5.91 Å². The van der Waals surface area contributed by atoms with Gasteiger partial charge in [-0.25, -0.2) is 12.7 Å². The first-order valence-electron chi connectivity index (χ1n) is 10.2. The number of benzene rings is 1. The van der Waals surface area contributed by atoms with Crippen molar-refractivity contribution in [2.45, 2.75) is 32.1 Å². The van der Waals surface area contributed by atoms with Crippen LogP contribution in [0.25, 0.3) is 0 Å². The molecule has 1 aliphatic heterocycles. The Labute approximate surface area is 180 Å². The summed E-state index contributed by atoms with van der Waals surface area (Å²) >= 11 is 0. The Morgan fingerprint density at radius 3 is 2.30 bits per heavy atom. The summed E-state index contributed by atoms with van der Waals surface area (Å²) in [6, 6.07) is 5.81. The fraction of sp³-hybridized carbons (Fsp3) is 0.619. The van der Waals surface area contributed by atoms with Crippen LogP contribution in [-0.4, -0.2) is 87.7 Å². The van der Waals surface area contributed by atoms with E-state index in [0.717, 1.165) is 30.4 Å². The van der Waals surface area contributed by atoms with E-state index >= 15 is 0 Å². The Bertz CT molecular complexity index is 854. The third-order valence-electron chi connectivity index (χ3n) is 5.18. The zero-order valence-electron chi connectivity index (χ0n) is 18.6. The summed E-state index contributed by atoms with van der Waals surface area (Å²) in [7, 11) is -0.759. The SMILES string of the molecule is CN(C)S(=O)(=O)c1cccc(C(=O)NCC(=O)N2CCN(CCC(C)(C)C)CC2)c1. The molecule has 0 aliphatic carbocycles. The fourth-order valence-electron chi connectivity index (χ4n) is 3.09. The third-order valence-corrected chi connectivity index (χ3v) is 6.99. The predicted molar refractivity (Wildman–Crippen MR) is 117 cm³/mol. The van der Waals surface area contributed by atoms with Gasteiger partial charge in [0.05, 0.1) is 11.4 Å². The van der Waals surface area contributed by atoms with Gasteiger partial charge in [-0.1, -0.05) is 26.8 Å². The van der Waals surface area contributed by atoms with Crippen molar-refractivity contribution in [1.82, 2.24) is 19.4 Å². The summed E-state index contributed by atoms with van der Waals surface area (Å²) in [5, 5.41) is 2.61. The second kappa shape index (κ2) is 9.89. The second-order valence-corrected chi connectivity index (χ2v) is 11.2. The van der Waals surface area contributed by atoms with Crippen LogP contribution in [0.15, 0.2) is 29.2 Å². The van der Waals surface area contributed by atoms with Gasteiger partial charge in [0.1, 0.15) is 0 Å². The topological polar surface area (TPSA) is 90.0 Å². The Morgan fingerprint density at radius 1 is 1.10 bits per heavy atom. The van der Waals surface area contributed by atoms with E-state index in [1.165, 1.54) is 38.4 Å². The quantitative estimate of drug-likeness (QED) is 0.692. The number of sulfonamides is 1. The number of carbonyl (C=O) groups is 2. The monoisotopic (exact) mass is 438 g/mol. The highest BCUT2D eigenvalue weighted by Gasteiger charge is 2.23. The minimum Gasteiger partial charge on any atom is -0.343 e. The first-order valence-corrected chi connectivity index (χ1v) is 11.6. The van der Waals surface area contributed by atoms with Crippen LogP contribution in [0.2, 0.25) is 0 Å². The van der Waals surface area contributed by atoms with Crippen LogP contribution in [0.1, 0.15) is 37.6 Å². The lowest BCUT2D eigenvalue weighted by Gasteiger charge is -2.36. The molecule has 1 aromatic rings. The number of amides is 2. The Hall–Kier alpha value is -1.97. The number of piperazine rings is 1. The van der Waals surface area contributed by atoms with E-state index in [-0.39, 0.29) is 22.9 Å². The van der Waals surface area contributed by atoms with E-state index in [4.69, 9.17) is 0 Å². The Balaban J connectivity index is 1.85. The van der Waals surface area contributed by atoms with Gasteiger partial charge < -0.3 is 10.2 Å². The van der Waals surface area contributed by atoms with E-state index in [9.17, 15) is 18.0 Å². The van der Waals surface area contributed by atoms with E-state index in [1.807, 2.05) is 0 Å². The lowest BCUT2D eigenvalue weighted by Crippen LogP contribution is -2.51. The predicted octanol–water partition coefficient (Wildman–Crippen LogP) is 1.25. The average molecular weight is 439 g/mol. The molecule has 2 amide bonds. The molecule has 1 aromatic carbocycles. The number of nitrogens with zero attached hydrogens (tertiary/aromatic N) is 3. The Kier molecular flexibility index (Phi) is 8.01. The molecule has 0 aromatic heterocycles. The summed E-state index contributed by atoms with van der Waals surface area (Å²) in [4.78, 5) is 29.0. The molecule has 1 aliphatic rings. The van der Waals surface area contributed by atoms with Crippen LogP contribution in [0, 0.1) is 5.41 Å². The number of rotatable bonds is 7. The van der Waals surface area contributed by atoms with Crippen LogP contribution in [0.3, 0.4) is 0 Å². The summed E-state index contributed by atoms with van der Waals surface area (Å²) in [5.41, 5.74) is 0.498. The maximum atomic E-state index is 12.5. The van der Waals surface area contributed by atoms with E-state index in [2.05, 4.69) is 31.0 Å². The van der Waals surface area contributed by atoms with Crippen molar-refractivity contribution in [2.75, 3.05) is 53.4 Å². The van der Waals surface area contributed by atoms with Gasteiger partial charge >= 0.3 is 0 Å². The largest absolute Gasteiger partial charge is 0.343 e. The molecule has 0 atom stereocenters. The third kappa shape index (κ3) is 6.78. The molecule has 1 N–H and O–H groups in total. The zero-order valence-corrected chi connectivity index (χ0v) is 19.5. The first-order chi connectivity index (χ1) is 13.9. The summed E-state index contributed by atoms with van der Waals surface area (Å²) in [6.07, 6.45) is 1.11. The average Bonchev–Trinajstić information content (AvgIpc) is 2.70. The highest BCUT2D eigenvalue weighted by Crippen LogP contribution is 2.19. The molecule has 9 heteroatoms. The number of hydrogen-bond donors (Lipinski definition) is 1. The molecule has 0 spiro atoms. The van der Waals surface area contributed by atoms with Crippen molar-refractivity contribution in [3.8, 4) is 0 Å². The maximum absolute atomic E-state index is 12.5. The molecular formula is C21H34N4O4S. The van der Waals surface area contributed by atoms with Crippen LogP contribution in [-0.2, 0) is 14.8 Å². The highest BCUT2D eigenvalue weighted by atomic mass is 32.2. The molecule has 1 heterocycles. The van der Waals surface area contributed by atoms with Gasteiger partial charge in [0, 0.05) is 45.8 Å². The zero-order chi connectivity index (χ0) is 22.5. The van der Waals surface area contributed by atoms with Gasteiger partial charge in [-0.3, -0.25) is 14.5 Å². The minimum atomic E-state index is -3.63. The molecular weight excluding hydrogens is 404 g/mol. The van der Waals surface area contributed by atoms with Gasteiger partial charge in [0.2, 0.25) is 15.9 Å². The Morgan fingerprint density at radius 2 is 1.73 bits per heavy atom. The van der Waals surface area contributed by atoms with Crippen molar-refractivity contribution < 1.29 is 18.0 Å². The van der Waals surface area contributed by atoms with Crippen LogP contribution in [0.5, 0.6) is 0 Å². The lowest BCUT2D eigenvalue weighted by molar-refractivity contribution is -0.131. The summed E-state index contributed by atoms with van der Waals surface area (Å²) < 4.78 is 25.6. The molecule has 0 bridgehead atoms. The number of nitrogens with one attached hydrogen (secondary N) is 1. The van der Waals surface area contributed by atoms with Crippen LogP contribution < -0.4 is 5.32 Å². The molecule has 0 saturated carbocycles. The molecule has 30 heavy (non-hydrogen) atoms. The molecule has 1 fully saturated rings. The molecule has 0 radical (unpaired) electrons. The van der Waals surface area contributed by atoms with Crippen molar-refractivity contribution in [3.05, 3.63) is 29.8 Å². The van der Waals surface area contributed by atoms with Crippen LogP contribution in [0.4, 0.5) is 0 Å². The van der Waals surface area contributed by atoms with Crippen molar-refractivity contribution in [2.24, 2.45) is 5.41 Å². The molecule has 0 unspecified atom stereocenters. The molecule has 8 nitrogen and oxygen atoms in total.